The van der Waals surface area contributed by atoms with Gasteiger partial charge in [0, 0.05) is 17.7 Å². The first kappa shape index (κ1) is 16.9. The van der Waals surface area contributed by atoms with Gasteiger partial charge in [0.2, 0.25) is 5.95 Å². The number of nitrogens with one attached hydrogen (secondary N) is 2. The molecule has 25 heavy (non-hydrogen) atoms. The molecular weight excluding hydrogens is 317 g/mol. The van der Waals surface area contributed by atoms with Crippen LogP contribution < -0.4 is 10.9 Å². The molecule has 0 atom stereocenters. The average molecular weight is 337 g/mol. The lowest BCUT2D eigenvalue weighted by Crippen LogP contribution is -2.19. The summed E-state index contributed by atoms with van der Waals surface area (Å²) in [4.78, 5) is 19.6. The van der Waals surface area contributed by atoms with Crippen molar-refractivity contribution in [3.63, 3.8) is 0 Å². The average Bonchev–Trinajstić information content (AvgIpc) is 2.55. The van der Waals surface area contributed by atoms with Crippen LogP contribution in [-0.4, -0.2) is 9.97 Å². The Bertz CT molecular complexity index is 979. The summed E-state index contributed by atoms with van der Waals surface area (Å²) >= 11 is 0. The molecule has 0 aliphatic rings. The second-order valence-corrected chi connectivity index (χ2v) is 6.19. The standard InChI is InChI=1S/C20H20FN3O/c1-12-8-9-18(13(2)10-12)23-20-22-14(3)16(19(25)24-20)11-15-6-4-5-7-17(15)21/h4-10H,11H2,1-3H3,(H2,22,23,24,25). The summed E-state index contributed by atoms with van der Waals surface area (Å²) in [6.45, 7) is 5.78. The Morgan fingerprint density at radius 1 is 1.12 bits per heavy atom. The number of aromatic nitrogens is 2. The molecule has 0 unspecified atom stereocenters. The van der Waals surface area contributed by atoms with E-state index in [0.29, 0.717) is 22.8 Å². The highest BCUT2D eigenvalue weighted by molar-refractivity contribution is 5.59. The normalized spacial score (nSPS) is 10.7. The number of rotatable bonds is 4. The van der Waals surface area contributed by atoms with Gasteiger partial charge in [-0.15, -0.1) is 0 Å². The third-order valence-electron chi connectivity index (χ3n) is 4.18. The van der Waals surface area contributed by atoms with Crippen LogP contribution in [0.2, 0.25) is 0 Å². The van der Waals surface area contributed by atoms with Gasteiger partial charge in [0.05, 0.1) is 5.69 Å². The van der Waals surface area contributed by atoms with E-state index >= 15 is 0 Å². The van der Waals surface area contributed by atoms with Crippen molar-refractivity contribution in [2.24, 2.45) is 0 Å². The zero-order valence-corrected chi connectivity index (χ0v) is 14.5. The molecule has 1 aromatic heterocycles. The molecule has 0 aliphatic heterocycles. The molecule has 0 amide bonds. The lowest BCUT2D eigenvalue weighted by atomic mass is 10.0. The summed E-state index contributed by atoms with van der Waals surface area (Å²) < 4.78 is 13.8. The Labute approximate surface area is 145 Å². The highest BCUT2D eigenvalue weighted by atomic mass is 19.1. The van der Waals surface area contributed by atoms with Crippen molar-refractivity contribution in [3.05, 3.63) is 86.6 Å². The number of hydrogen-bond acceptors (Lipinski definition) is 3. The van der Waals surface area contributed by atoms with E-state index in [9.17, 15) is 9.18 Å². The summed E-state index contributed by atoms with van der Waals surface area (Å²) in [5.74, 6) is 0.0607. The van der Waals surface area contributed by atoms with E-state index in [-0.39, 0.29) is 17.8 Å². The van der Waals surface area contributed by atoms with Crippen molar-refractivity contribution in [2.75, 3.05) is 5.32 Å². The fraction of sp³-hybridized carbons (Fsp3) is 0.200. The first-order valence-corrected chi connectivity index (χ1v) is 8.11. The van der Waals surface area contributed by atoms with Crippen LogP contribution in [0.5, 0.6) is 0 Å². The van der Waals surface area contributed by atoms with E-state index in [1.54, 1.807) is 25.1 Å². The first-order chi connectivity index (χ1) is 11.9. The van der Waals surface area contributed by atoms with E-state index in [2.05, 4.69) is 21.4 Å². The number of halogens is 1. The summed E-state index contributed by atoms with van der Waals surface area (Å²) in [7, 11) is 0. The summed E-state index contributed by atoms with van der Waals surface area (Å²) in [6.07, 6.45) is 0.213. The molecule has 0 bridgehead atoms. The van der Waals surface area contributed by atoms with E-state index in [0.717, 1.165) is 11.3 Å². The van der Waals surface area contributed by atoms with E-state index in [1.165, 1.54) is 11.6 Å². The topological polar surface area (TPSA) is 57.8 Å². The van der Waals surface area contributed by atoms with Crippen molar-refractivity contribution >= 4 is 11.6 Å². The van der Waals surface area contributed by atoms with Gasteiger partial charge in [-0.2, -0.15) is 0 Å². The quantitative estimate of drug-likeness (QED) is 0.751. The minimum atomic E-state index is -0.321. The third kappa shape index (κ3) is 3.76. The molecule has 2 N–H and O–H groups in total. The van der Waals surface area contributed by atoms with Crippen LogP contribution in [0.15, 0.2) is 47.3 Å². The van der Waals surface area contributed by atoms with Gasteiger partial charge in [0.1, 0.15) is 5.82 Å². The van der Waals surface area contributed by atoms with Gasteiger partial charge in [0.15, 0.2) is 0 Å². The number of H-pyrrole nitrogens is 1. The number of nitrogens with zero attached hydrogens (tertiary/aromatic N) is 1. The van der Waals surface area contributed by atoms with Crippen molar-refractivity contribution in [1.29, 1.82) is 0 Å². The van der Waals surface area contributed by atoms with Crippen LogP contribution in [0.3, 0.4) is 0 Å². The predicted octanol–water partition coefficient (Wildman–Crippen LogP) is 4.17. The van der Waals surface area contributed by atoms with E-state index in [4.69, 9.17) is 0 Å². The van der Waals surface area contributed by atoms with Gasteiger partial charge >= 0.3 is 0 Å². The first-order valence-electron chi connectivity index (χ1n) is 8.11. The molecule has 0 fully saturated rings. The molecule has 3 aromatic rings. The summed E-state index contributed by atoms with van der Waals surface area (Å²) in [5, 5.41) is 3.14. The molecule has 2 aromatic carbocycles. The second-order valence-electron chi connectivity index (χ2n) is 6.19. The van der Waals surface area contributed by atoms with Crippen molar-refractivity contribution in [3.8, 4) is 0 Å². The van der Waals surface area contributed by atoms with Gasteiger partial charge < -0.3 is 5.32 Å². The monoisotopic (exact) mass is 337 g/mol. The molecule has 128 valence electrons. The van der Waals surface area contributed by atoms with Gasteiger partial charge in [-0.25, -0.2) is 9.37 Å². The second kappa shape index (κ2) is 6.89. The Hall–Kier alpha value is -2.95. The molecule has 0 radical (unpaired) electrons. The predicted molar refractivity (Wildman–Crippen MR) is 98.0 cm³/mol. The Morgan fingerprint density at radius 3 is 2.56 bits per heavy atom. The molecule has 0 saturated heterocycles. The molecule has 0 spiro atoms. The number of aryl methyl sites for hydroxylation is 3. The maximum Gasteiger partial charge on any atom is 0.256 e. The molecule has 3 rings (SSSR count). The molecule has 0 aliphatic carbocycles. The van der Waals surface area contributed by atoms with E-state index in [1.807, 2.05) is 26.0 Å². The third-order valence-corrected chi connectivity index (χ3v) is 4.18. The molecule has 0 saturated carbocycles. The van der Waals surface area contributed by atoms with E-state index < -0.39 is 0 Å². The SMILES string of the molecule is Cc1ccc(Nc2nc(C)c(Cc3ccccc3F)c(=O)[nH]2)c(C)c1. The molecular formula is C20H20FN3O. The summed E-state index contributed by atoms with van der Waals surface area (Å²) in [6, 6.07) is 12.5. The Morgan fingerprint density at radius 2 is 1.88 bits per heavy atom. The van der Waals surface area contributed by atoms with Gasteiger partial charge in [-0.1, -0.05) is 35.9 Å². The lowest BCUT2D eigenvalue weighted by molar-refractivity contribution is 0.613. The maximum absolute atomic E-state index is 13.8. The molecule has 1 heterocycles. The minimum absolute atomic E-state index is 0.213. The number of benzene rings is 2. The highest BCUT2D eigenvalue weighted by Crippen LogP contribution is 2.20. The maximum atomic E-state index is 13.8. The van der Waals surface area contributed by atoms with Crippen LogP contribution in [0.25, 0.3) is 0 Å². The molecule has 5 heteroatoms. The number of hydrogen-bond donors (Lipinski definition) is 2. The van der Waals surface area contributed by atoms with Crippen LogP contribution in [0, 0.1) is 26.6 Å². The summed E-state index contributed by atoms with van der Waals surface area (Å²) in [5.41, 5.74) is 4.39. The van der Waals surface area contributed by atoms with Crippen molar-refractivity contribution < 1.29 is 4.39 Å². The minimum Gasteiger partial charge on any atom is -0.325 e. The van der Waals surface area contributed by atoms with Crippen molar-refractivity contribution in [2.45, 2.75) is 27.2 Å². The lowest BCUT2D eigenvalue weighted by Gasteiger charge is -2.12. The highest BCUT2D eigenvalue weighted by Gasteiger charge is 2.12. The van der Waals surface area contributed by atoms with Crippen LogP contribution >= 0.6 is 0 Å². The fourth-order valence-corrected chi connectivity index (χ4v) is 2.79. The zero-order chi connectivity index (χ0) is 18.0. The Balaban J connectivity index is 1.90. The number of anilines is 2. The van der Waals surface area contributed by atoms with Crippen LogP contribution in [0.4, 0.5) is 16.0 Å². The Kier molecular flexibility index (Phi) is 4.65. The molecule has 4 nitrogen and oxygen atoms in total. The fourth-order valence-electron chi connectivity index (χ4n) is 2.79. The van der Waals surface area contributed by atoms with Crippen molar-refractivity contribution in [1.82, 2.24) is 9.97 Å². The van der Waals surface area contributed by atoms with Gasteiger partial charge in [-0.05, 0) is 44.0 Å². The smallest absolute Gasteiger partial charge is 0.256 e. The number of aromatic amines is 1. The van der Waals surface area contributed by atoms with Crippen LogP contribution in [-0.2, 0) is 6.42 Å². The van der Waals surface area contributed by atoms with Gasteiger partial charge in [0.25, 0.3) is 5.56 Å². The van der Waals surface area contributed by atoms with Gasteiger partial charge in [-0.3, -0.25) is 9.78 Å². The van der Waals surface area contributed by atoms with Crippen LogP contribution in [0.1, 0.15) is 27.9 Å². The zero-order valence-electron chi connectivity index (χ0n) is 14.5. The largest absolute Gasteiger partial charge is 0.325 e.